The minimum atomic E-state index is -0.663. The summed E-state index contributed by atoms with van der Waals surface area (Å²) in [4.78, 5) is 14.8. The monoisotopic (exact) mass is 450 g/mol. The molecule has 1 aromatic heterocycles. The summed E-state index contributed by atoms with van der Waals surface area (Å²) in [6.07, 6.45) is 1.72. The normalized spacial score (nSPS) is 15.3. The van der Waals surface area contributed by atoms with E-state index in [1.807, 2.05) is 36.4 Å². The number of rotatable bonds is 6. The highest BCUT2D eigenvalue weighted by Crippen LogP contribution is 2.24. The number of piperidine rings is 1. The number of halogens is 1. The van der Waals surface area contributed by atoms with Gasteiger partial charge in [-0.25, -0.2) is 0 Å². The number of ether oxygens (including phenoxy) is 1. The molecule has 1 saturated heterocycles. The van der Waals surface area contributed by atoms with Gasteiger partial charge < -0.3 is 15.0 Å². The van der Waals surface area contributed by atoms with Gasteiger partial charge in [0, 0.05) is 29.4 Å². The molecule has 6 nitrogen and oxygen atoms in total. The zero-order valence-corrected chi connectivity index (χ0v) is 19.0. The Kier molecular flexibility index (Phi) is 6.90. The van der Waals surface area contributed by atoms with Crippen LogP contribution in [0.2, 0.25) is 5.02 Å². The van der Waals surface area contributed by atoms with Crippen LogP contribution in [0.1, 0.15) is 26.7 Å². The highest BCUT2D eigenvalue weighted by molar-refractivity contribution is 6.30. The fraction of sp³-hybridized carbons (Fsp3) is 0.320. The Morgan fingerprint density at radius 1 is 1.09 bits per heavy atom. The van der Waals surface area contributed by atoms with Gasteiger partial charge in [-0.15, -0.1) is 10.2 Å². The maximum Gasteiger partial charge on any atom is 0.265 e. The lowest BCUT2D eigenvalue weighted by molar-refractivity contribution is -0.122. The van der Waals surface area contributed by atoms with E-state index in [1.165, 1.54) is 12.8 Å². The molecule has 2 heterocycles. The molecule has 0 radical (unpaired) electrons. The number of hydrogen-bond acceptors (Lipinski definition) is 5. The second-order valence-electron chi connectivity index (χ2n) is 8.23. The minimum Gasteiger partial charge on any atom is -0.481 e. The van der Waals surface area contributed by atoms with E-state index in [9.17, 15) is 4.79 Å². The molecule has 0 spiro atoms. The number of benzene rings is 2. The first kappa shape index (κ1) is 22.1. The van der Waals surface area contributed by atoms with Crippen molar-refractivity contribution in [3.05, 3.63) is 65.7 Å². The van der Waals surface area contributed by atoms with Crippen molar-refractivity contribution in [1.29, 1.82) is 0 Å². The molecule has 0 aliphatic carbocycles. The standard InChI is InChI=1S/C25H27ClN4O2/c1-17-12-14-30(15-13-17)24-11-10-23(28-29-24)19-6-8-21(9-7-19)27-25(31)18(2)32-22-5-3-4-20(26)16-22/h3-11,16-18H,12-15H2,1-2H3,(H,27,31). The molecule has 1 aliphatic rings. The Labute approximate surface area is 193 Å². The lowest BCUT2D eigenvalue weighted by Gasteiger charge is -2.30. The van der Waals surface area contributed by atoms with Gasteiger partial charge in [0.2, 0.25) is 0 Å². The molecule has 166 valence electrons. The summed E-state index contributed by atoms with van der Waals surface area (Å²) >= 11 is 5.96. The number of nitrogens with one attached hydrogen (secondary N) is 1. The Morgan fingerprint density at radius 2 is 1.84 bits per heavy atom. The number of nitrogens with zero attached hydrogens (tertiary/aromatic N) is 3. The number of carbonyl (C=O) groups excluding carboxylic acids is 1. The maximum absolute atomic E-state index is 12.5. The van der Waals surface area contributed by atoms with Crippen molar-refractivity contribution in [3.8, 4) is 17.0 Å². The van der Waals surface area contributed by atoms with Crippen molar-refractivity contribution in [3.63, 3.8) is 0 Å². The second-order valence-corrected chi connectivity index (χ2v) is 8.67. The van der Waals surface area contributed by atoms with E-state index in [4.69, 9.17) is 16.3 Å². The summed E-state index contributed by atoms with van der Waals surface area (Å²) < 4.78 is 5.67. The topological polar surface area (TPSA) is 67.4 Å². The molecule has 1 fully saturated rings. The average molecular weight is 451 g/mol. The summed E-state index contributed by atoms with van der Waals surface area (Å²) in [6, 6.07) is 18.5. The predicted molar refractivity (Wildman–Crippen MR) is 128 cm³/mol. The molecule has 7 heteroatoms. The second kappa shape index (κ2) is 10.0. The van der Waals surface area contributed by atoms with Crippen LogP contribution in [0.5, 0.6) is 5.75 Å². The molecule has 1 amide bonds. The zero-order valence-electron chi connectivity index (χ0n) is 18.3. The quantitative estimate of drug-likeness (QED) is 0.541. The lowest BCUT2D eigenvalue weighted by atomic mass is 9.99. The van der Waals surface area contributed by atoms with Gasteiger partial charge in [0.25, 0.3) is 5.91 Å². The van der Waals surface area contributed by atoms with E-state index in [0.29, 0.717) is 16.5 Å². The van der Waals surface area contributed by atoms with Crippen molar-refractivity contribution in [2.75, 3.05) is 23.3 Å². The fourth-order valence-corrected chi connectivity index (χ4v) is 3.83. The van der Waals surface area contributed by atoms with Crippen LogP contribution in [0.15, 0.2) is 60.7 Å². The van der Waals surface area contributed by atoms with Crippen molar-refractivity contribution in [1.82, 2.24) is 10.2 Å². The number of anilines is 2. The zero-order chi connectivity index (χ0) is 22.5. The third kappa shape index (κ3) is 5.56. The first-order valence-corrected chi connectivity index (χ1v) is 11.3. The molecular weight excluding hydrogens is 424 g/mol. The number of amides is 1. The smallest absolute Gasteiger partial charge is 0.265 e. The molecular formula is C25H27ClN4O2. The first-order chi connectivity index (χ1) is 15.5. The molecule has 1 N–H and O–H groups in total. The van der Waals surface area contributed by atoms with Gasteiger partial charge in [-0.2, -0.15) is 0 Å². The van der Waals surface area contributed by atoms with E-state index in [-0.39, 0.29) is 5.91 Å². The Hall–Kier alpha value is -3.12. The molecule has 1 unspecified atom stereocenters. The SMILES string of the molecule is CC1CCN(c2ccc(-c3ccc(NC(=O)C(C)Oc4cccc(Cl)c4)cc3)nn2)CC1. The minimum absolute atomic E-state index is 0.238. The van der Waals surface area contributed by atoms with E-state index < -0.39 is 6.10 Å². The summed E-state index contributed by atoms with van der Waals surface area (Å²) in [5.41, 5.74) is 2.43. The number of aromatic nitrogens is 2. The van der Waals surface area contributed by atoms with Crippen molar-refractivity contribution >= 4 is 29.0 Å². The van der Waals surface area contributed by atoms with Gasteiger partial charge in [-0.05, 0) is 68.1 Å². The van der Waals surface area contributed by atoms with Crippen LogP contribution in [0.3, 0.4) is 0 Å². The van der Waals surface area contributed by atoms with Gasteiger partial charge in [0.15, 0.2) is 11.9 Å². The average Bonchev–Trinajstić information content (AvgIpc) is 2.80. The molecule has 0 bridgehead atoms. The number of hydrogen-bond donors (Lipinski definition) is 1. The molecule has 1 atom stereocenters. The van der Waals surface area contributed by atoms with Gasteiger partial charge in [0.05, 0.1) is 5.69 Å². The molecule has 4 rings (SSSR count). The summed E-state index contributed by atoms with van der Waals surface area (Å²) in [7, 11) is 0. The van der Waals surface area contributed by atoms with Gasteiger partial charge in [0.1, 0.15) is 5.75 Å². The van der Waals surface area contributed by atoms with Crippen molar-refractivity contribution in [2.24, 2.45) is 5.92 Å². The largest absolute Gasteiger partial charge is 0.481 e. The molecule has 0 saturated carbocycles. The number of carbonyl (C=O) groups is 1. The van der Waals surface area contributed by atoms with Crippen LogP contribution in [0.4, 0.5) is 11.5 Å². The summed E-state index contributed by atoms with van der Waals surface area (Å²) in [5, 5.41) is 12.3. The van der Waals surface area contributed by atoms with Crippen molar-refractivity contribution < 1.29 is 9.53 Å². The molecule has 32 heavy (non-hydrogen) atoms. The van der Waals surface area contributed by atoms with Crippen LogP contribution >= 0.6 is 11.6 Å². The predicted octanol–water partition coefficient (Wildman–Crippen LogP) is 5.44. The van der Waals surface area contributed by atoms with Gasteiger partial charge in [-0.1, -0.05) is 36.7 Å². The summed E-state index contributed by atoms with van der Waals surface area (Å²) in [6.45, 7) is 6.06. The van der Waals surface area contributed by atoms with E-state index in [0.717, 1.165) is 36.1 Å². The third-order valence-corrected chi connectivity index (χ3v) is 5.92. The van der Waals surface area contributed by atoms with Crippen LogP contribution in [0, 0.1) is 5.92 Å². The van der Waals surface area contributed by atoms with Crippen LogP contribution in [-0.4, -0.2) is 35.3 Å². The van der Waals surface area contributed by atoms with Crippen LogP contribution in [0.25, 0.3) is 11.3 Å². The van der Waals surface area contributed by atoms with Crippen molar-refractivity contribution in [2.45, 2.75) is 32.8 Å². The Bertz CT molecular complexity index is 1050. The highest BCUT2D eigenvalue weighted by atomic mass is 35.5. The molecule has 3 aromatic rings. The summed E-state index contributed by atoms with van der Waals surface area (Å²) in [5.74, 6) is 2.02. The molecule has 1 aliphatic heterocycles. The highest BCUT2D eigenvalue weighted by Gasteiger charge is 2.18. The first-order valence-electron chi connectivity index (χ1n) is 10.9. The maximum atomic E-state index is 12.5. The van der Waals surface area contributed by atoms with Gasteiger partial charge >= 0.3 is 0 Å². The third-order valence-electron chi connectivity index (χ3n) is 5.68. The van der Waals surface area contributed by atoms with Gasteiger partial charge in [-0.3, -0.25) is 4.79 Å². The lowest BCUT2D eigenvalue weighted by Crippen LogP contribution is -2.33. The van der Waals surface area contributed by atoms with E-state index in [2.05, 4.69) is 27.3 Å². The van der Waals surface area contributed by atoms with E-state index in [1.54, 1.807) is 31.2 Å². The fourth-order valence-electron chi connectivity index (χ4n) is 3.65. The Morgan fingerprint density at radius 3 is 2.50 bits per heavy atom. The van der Waals surface area contributed by atoms with E-state index >= 15 is 0 Å². The van der Waals surface area contributed by atoms with Crippen LogP contribution < -0.4 is 15.0 Å². The molecule has 2 aromatic carbocycles. The van der Waals surface area contributed by atoms with Crippen LogP contribution in [-0.2, 0) is 4.79 Å². The Balaban J connectivity index is 1.35.